The Kier molecular flexibility index (Phi) is 5.72. The highest BCUT2D eigenvalue weighted by Crippen LogP contribution is 2.18. The molecule has 1 atom stereocenters. The van der Waals surface area contributed by atoms with Crippen LogP contribution in [-0.2, 0) is 9.59 Å². The summed E-state index contributed by atoms with van der Waals surface area (Å²) in [6, 6.07) is 3.17. The van der Waals surface area contributed by atoms with Crippen LogP contribution in [0.4, 0.5) is 10.1 Å². The van der Waals surface area contributed by atoms with Gasteiger partial charge in [0.15, 0.2) is 0 Å². The van der Waals surface area contributed by atoms with Crippen LogP contribution in [0, 0.1) is 5.82 Å². The highest BCUT2D eigenvalue weighted by molar-refractivity contribution is 6.39. The molecular formula is C12H14ClFN2O3. The molecule has 1 rings (SSSR count). The van der Waals surface area contributed by atoms with Crippen molar-refractivity contribution in [2.75, 3.05) is 11.9 Å². The first-order chi connectivity index (χ1) is 8.97. The van der Waals surface area contributed by atoms with Gasteiger partial charge in [0.1, 0.15) is 5.82 Å². The van der Waals surface area contributed by atoms with Crippen LogP contribution >= 0.6 is 11.6 Å². The monoisotopic (exact) mass is 288 g/mol. The zero-order valence-corrected chi connectivity index (χ0v) is 11.0. The van der Waals surface area contributed by atoms with E-state index in [0.29, 0.717) is 6.42 Å². The molecule has 0 aromatic heterocycles. The van der Waals surface area contributed by atoms with E-state index in [2.05, 4.69) is 10.6 Å². The third-order valence-corrected chi connectivity index (χ3v) is 2.67. The molecule has 5 nitrogen and oxygen atoms in total. The minimum Gasteiger partial charge on any atom is -0.394 e. The minimum atomic E-state index is -1.01. The van der Waals surface area contributed by atoms with E-state index in [-0.39, 0.29) is 17.3 Å². The zero-order chi connectivity index (χ0) is 14.4. The second-order valence-electron chi connectivity index (χ2n) is 3.84. The highest BCUT2D eigenvalue weighted by Gasteiger charge is 2.18. The number of carbonyl (C=O) groups excluding carboxylic acids is 2. The van der Waals surface area contributed by atoms with Gasteiger partial charge in [-0.1, -0.05) is 18.5 Å². The largest absolute Gasteiger partial charge is 0.394 e. The molecule has 3 N–H and O–H groups in total. The van der Waals surface area contributed by atoms with Gasteiger partial charge in [-0.2, -0.15) is 0 Å². The second kappa shape index (κ2) is 7.06. The number of hydrogen-bond acceptors (Lipinski definition) is 3. The molecule has 19 heavy (non-hydrogen) atoms. The predicted molar refractivity (Wildman–Crippen MR) is 69.3 cm³/mol. The Labute approximate surface area is 114 Å². The predicted octanol–water partition coefficient (Wildman–Crippen LogP) is 1.30. The molecule has 1 aromatic carbocycles. The lowest BCUT2D eigenvalue weighted by atomic mass is 10.2. The van der Waals surface area contributed by atoms with Crippen LogP contribution in [-0.4, -0.2) is 29.6 Å². The summed E-state index contributed by atoms with van der Waals surface area (Å²) in [6.07, 6.45) is 0.477. The number of nitrogens with one attached hydrogen (secondary N) is 2. The minimum absolute atomic E-state index is 0.137. The molecule has 0 spiro atoms. The molecule has 104 valence electrons. The molecular weight excluding hydrogens is 275 g/mol. The summed E-state index contributed by atoms with van der Waals surface area (Å²) in [5.41, 5.74) is -0.137. The van der Waals surface area contributed by atoms with Gasteiger partial charge in [-0.15, -0.1) is 0 Å². The van der Waals surface area contributed by atoms with Gasteiger partial charge in [-0.25, -0.2) is 4.39 Å². The molecule has 0 bridgehead atoms. The van der Waals surface area contributed by atoms with Gasteiger partial charge in [0, 0.05) is 5.02 Å². The Morgan fingerprint density at radius 2 is 2.11 bits per heavy atom. The Hall–Kier alpha value is -1.66. The fourth-order valence-corrected chi connectivity index (χ4v) is 1.46. The lowest BCUT2D eigenvalue weighted by molar-refractivity contribution is -0.136. The maximum absolute atomic E-state index is 13.4. The number of carbonyl (C=O) groups is 2. The molecule has 0 saturated carbocycles. The molecule has 0 aliphatic rings. The number of amides is 2. The van der Waals surface area contributed by atoms with E-state index >= 15 is 0 Å². The number of hydrogen-bond donors (Lipinski definition) is 3. The molecule has 2 amide bonds. The van der Waals surface area contributed by atoms with Gasteiger partial charge in [0.2, 0.25) is 0 Å². The summed E-state index contributed by atoms with van der Waals surface area (Å²) < 4.78 is 13.4. The maximum atomic E-state index is 13.4. The third kappa shape index (κ3) is 4.50. The average molecular weight is 289 g/mol. The summed E-state index contributed by atoms with van der Waals surface area (Å²) in [5.74, 6) is -2.67. The van der Waals surface area contributed by atoms with Crippen molar-refractivity contribution in [1.29, 1.82) is 0 Å². The molecule has 0 aliphatic heterocycles. The Morgan fingerprint density at radius 1 is 1.42 bits per heavy atom. The van der Waals surface area contributed by atoms with Gasteiger partial charge in [0.05, 0.1) is 18.3 Å². The highest BCUT2D eigenvalue weighted by atomic mass is 35.5. The van der Waals surface area contributed by atoms with E-state index in [0.717, 1.165) is 6.07 Å². The average Bonchev–Trinajstić information content (AvgIpc) is 2.38. The number of benzene rings is 1. The summed E-state index contributed by atoms with van der Waals surface area (Å²) >= 11 is 5.56. The first kappa shape index (κ1) is 15.4. The SMILES string of the molecule is CC[C@H](CO)NC(=O)C(=O)Nc1ccc(Cl)cc1F. The van der Waals surface area contributed by atoms with E-state index in [9.17, 15) is 14.0 Å². The van der Waals surface area contributed by atoms with E-state index in [1.807, 2.05) is 0 Å². The van der Waals surface area contributed by atoms with Crippen molar-refractivity contribution in [2.45, 2.75) is 19.4 Å². The van der Waals surface area contributed by atoms with Crippen molar-refractivity contribution in [1.82, 2.24) is 5.32 Å². The fraction of sp³-hybridized carbons (Fsp3) is 0.333. The Morgan fingerprint density at radius 3 is 2.63 bits per heavy atom. The van der Waals surface area contributed by atoms with E-state index in [1.165, 1.54) is 12.1 Å². The van der Waals surface area contributed by atoms with Gasteiger partial charge in [-0.3, -0.25) is 9.59 Å². The van der Waals surface area contributed by atoms with E-state index in [4.69, 9.17) is 16.7 Å². The van der Waals surface area contributed by atoms with Crippen LogP contribution in [0.15, 0.2) is 18.2 Å². The number of halogens is 2. The Bertz CT molecular complexity index is 478. The number of aliphatic hydroxyl groups is 1. The van der Waals surface area contributed by atoms with Gasteiger partial charge in [0.25, 0.3) is 0 Å². The van der Waals surface area contributed by atoms with Crippen molar-refractivity contribution in [3.63, 3.8) is 0 Å². The normalized spacial score (nSPS) is 11.8. The molecule has 0 heterocycles. The van der Waals surface area contributed by atoms with Gasteiger partial charge < -0.3 is 15.7 Å². The Balaban J connectivity index is 2.66. The molecule has 1 aromatic rings. The molecule has 0 unspecified atom stereocenters. The van der Waals surface area contributed by atoms with Gasteiger partial charge >= 0.3 is 11.8 Å². The smallest absolute Gasteiger partial charge is 0.313 e. The summed E-state index contributed by atoms with van der Waals surface area (Å²) in [4.78, 5) is 23.0. The summed E-state index contributed by atoms with van der Waals surface area (Å²) in [5, 5.41) is 13.5. The fourth-order valence-electron chi connectivity index (χ4n) is 1.30. The van der Waals surface area contributed by atoms with E-state index < -0.39 is 23.7 Å². The standard InChI is InChI=1S/C12H14ClFN2O3/c1-2-8(6-17)15-11(18)12(19)16-10-4-3-7(13)5-9(10)14/h3-5,8,17H,2,6H2,1H3,(H,15,18)(H,16,19)/t8-/m1/s1. The van der Waals surface area contributed by atoms with Crippen molar-refractivity contribution < 1.29 is 19.1 Å². The first-order valence-electron chi connectivity index (χ1n) is 5.65. The third-order valence-electron chi connectivity index (χ3n) is 2.43. The number of anilines is 1. The number of rotatable bonds is 4. The van der Waals surface area contributed by atoms with Crippen LogP contribution in [0.5, 0.6) is 0 Å². The molecule has 0 fully saturated rings. The lowest BCUT2D eigenvalue weighted by Gasteiger charge is -2.13. The number of aliphatic hydroxyl groups excluding tert-OH is 1. The molecule has 0 saturated heterocycles. The van der Waals surface area contributed by atoms with Crippen LogP contribution in [0.3, 0.4) is 0 Å². The summed E-state index contributed by atoms with van der Waals surface area (Å²) in [6.45, 7) is 1.47. The van der Waals surface area contributed by atoms with Crippen molar-refractivity contribution >= 4 is 29.1 Å². The topological polar surface area (TPSA) is 78.4 Å². The molecule has 0 aliphatic carbocycles. The molecule has 0 radical (unpaired) electrons. The van der Waals surface area contributed by atoms with Crippen molar-refractivity contribution in [3.8, 4) is 0 Å². The van der Waals surface area contributed by atoms with Crippen LogP contribution in [0.25, 0.3) is 0 Å². The van der Waals surface area contributed by atoms with Crippen LogP contribution < -0.4 is 10.6 Å². The quantitative estimate of drug-likeness (QED) is 0.731. The van der Waals surface area contributed by atoms with E-state index in [1.54, 1.807) is 6.92 Å². The first-order valence-corrected chi connectivity index (χ1v) is 6.03. The maximum Gasteiger partial charge on any atom is 0.313 e. The summed E-state index contributed by atoms with van der Waals surface area (Å²) in [7, 11) is 0. The van der Waals surface area contributed by atoms with Gasteiger partial charge in [-0.05, 0) is 24.6 Å². The van der Waals surface area contributed by atoms with Crippen LogP contribution in [0.1, 0.15) is 13.3 Å². The second-order valence-corrected chi connectivity index (χ2v) is 4.28. The van der Waals surface area contributed by atoms with Crippen molar-refractivity contribution in [2.24, 2.45) is 0 Å². The zero-order valence-electron chi connectivity index (χ0n) is 10.2. The van der Waals surface area contributed by atoms with Crippen molar-refractivity contribution in [3.05, 3.63) is 29.0 Å². The lowest BCUT2D eigenvalue weighted by Crippen LogP contribution is -2.43. The van der Waals surface area contributed by atoms with Crippen LogP contribution in [0.2, 0.25) is 5.02 Å². The molecule has 7 heteroatoms.